The van der Waals surface area contributed by atoms with Gasteiger partial charge in [-0.25, -0.2) is 8.42 Å². The second-order valence-corrected chi connectivity index (χ2v) is 7.86. The van der Waals surface area contributed by atoms with Crippen molar-refractivity contribution in [3.63, 3.8) is 0 Å². The molecule has 0 saturated heterocycles. The summed E-state index contributed by atoms with van der Waals surface area (Å²) >= 11 is 0. The van der Waals surface area contributed by atoms with Gasteiger partial charge in [0.05, 0.1) is 11.9 Å². The van der Waals surface area contributed by atoms with Gasteiger partial charge in [0.15, 0.2) is 0 Å². The predicted octanol–water partition coefficient (Wildman–Crippen LogP) is 3.02. The van der Waals surface area contributed by atoms with E-state index in [4.69, 9.17) is 0 Å². The molecule has 0 aliphatic rings. The molecule has 0 heterocycles. The predicted molar refractivity (Wildman–Crippen MR) is 97.9 cm³/mol. The minimum absolute atomic E-state index is 0.269. The van der Waals surface area contributed by atoms with E-state index < -0.39 is 10.0 Å². The topological polar surface area (TPSA) is 66.5 Å². The van der Waals surface area contributed by atoms with Crippen LogP contribution in [0.2, 0.25) is 0 Å². The Morgan fingerprint density at radius 3 is 2.17 bits per heavy atom. The average Bonchev–Trinajstić information content (AvgIpc) is 2.49. The van der Waals surface area contributed by atoms with Gasteiger partial charge in [-0.15, -0.1) is 0 Å². The fourth-order valence-electron chi connectivity index (χ4n) is 2.26. The van der Waals surface area contributed by atoms with Crippen LogP contribution in [0, 0.1) is 20.8 Å². The number of nitrogens with zero attached hydrogens (tertiary/aromatic N) is 1. The highest BCUT2D eigenvalue weighted by Gasteiger charge is 2.20. The maximum Gasteiger partial charge on any atom is 0.245 e. The van der Waals surface area contributed by atoms with Crippen LogP contribution in [0.25, 0.3) is 0 Å². The Morgan fingerprint density at radius 1 is 1.00 bits per heavy atom. The van der Waals surface area contributed by atoms with E-state index in [1.165, 1.54) is 0 Å². The summed E-state index contributed by atoms with van der Waals surface area (Å²) in [5.74, 6) is -0.385. The Bertz CT molecular complexity index is 843. The third-order valence-corrected chi connectivity index (χ3v) is 4.94. The lowest BCUT2D eigenvalue weighted by molar-refractivity contribution is -0.114. The Kier molecular flexibility index (Phi) is 5.29. The van der Waals surface area contributed by atoms with Crippen molar-refractivity contribution in [1.82, 2.24) is 0 Å². The molecule has 0 unspecified atom stereocenters. The fraction of sp³-hybridized carbons (Fsp3) is 0.278. The van der Waals surface area contributed by atoms with Crippen LogP contribution in [0.15, 0.2) is 42.5 Å². The van der Waals surface area contributed by atoms with Crippen LogP contribution < -0.4 is 9.62 Å². The number of benzene rings is 2. The van der Waals surface area contributed by atoms with Gasteiger partial charge in [0.1, 0.15) is 6.54 Å². The molecule has 1 N–H and O–H groups in total. The van der Waals surface area contributed by atoms with Gasteiger partial charge in [-0.1, -0.05) is 23.8 Å². The van der Waals surface area contributed by atoms with Gasteiger partial charge in [0, 0.05) is 5.69 Å². The Balaban J connectivity index is 2.18. The van der Waals surface area contributed by atoms with Crippen molar-refractivity contribution in [2.45, 2.75) is 20.8 Å². The molecule has 0 saturated carbocycles. The lowest BCUT2D eigenvalue weighted by Crippen LogP contribution is -2.37. The van der Waals surface area contributed by atoms with E-state index in [0.29, 0.717) is 11.4 Å². The number of hydrogen-bond donors (Lipinski definition) is 1. The van der Waals surface area contributed by atoms with Crippen molar-refractivity contribution < 1.29 is 13.2 Å². The van der Waals surface area contributed by atoms with E-state index in [0.717, 1.165) is 27.3 Å². The number of sulfonamides is 1. The molecule has 128 valence electrons. The molecule has 2 aromatic rings. The van der Waals surface area contributed by atoms with Gasteiger partial charge in [-0.2, -0.15) is 0 Å². The fourth-order valence-corrected chi connectivity index (χ4v) is 3.12. The minimum Gasteiger partial charge on any atom is -0.325 e. The summed E-state index contributed by atoms with van der Waals surface area (Å²) in [6.07, 6.45) is 1.09. The summed E-state index contributed by atoms with van der Waals surface area (Å²) < 4.78 is 25.2. The van der Waals surface area contributed by atoms with E-state index in [1.807, 2.05) is 45.0 Å². The Hall–Kier alpha value is -2.34. The SMILES string of the molecule is Cc1ccc(N(CC(=O)Nc2ccc(C)c(C)c2)S(C)(=O)=O)cc1. The van der Waals surface area contributed by atoms with Gasteiger partial charge in [0.25, 0.3) is 0 Å². The first-order valence-electron chi connectivity index (χ1n) is 7.58. The number of anilines is 2. The van der Waals surface area contributed by atoms with E-state index in [9.17, 15) is 13.2 Å². The molecule has 2 aromatic carbocycles. The van der Waals surface area contributed by atoms with Crippen molar-refractivity contribution in [2.24, 2.45) is 0 Å². The largest absolute Gasteiger partial charge is 0.325 e. The summed E-state index contributed by atoms with van der Waals surface area (Å²) in [6.45, 7) is 5.60. The first kappa shape index (κ1) is 18.0. The molecule has 2 rings (SSSR count). The number of carbonyl (C=O) groups is 1. The van der Waals surface area contributed by atoms with E-state index >= 15 is 0 Å². The Labute approximate surface area is 143 Å². The summed E-state index contributed by atoms with van der Waals surface area (Å²) in [6, 6.07) is 12.6. The zero-order valence-corrected chi connectivity index (χ0v) is 15.1. The van der Waals surface area contributed by atoms with E-state index in [1.54, 1.807) is 18.2 Å². The van der Waals surface area contributed by atoms with Crippen molar-refractivity contribution in [2.75, 3.05) is 22.4 Å². The van der Waals surface area contributed by atoms with Crippen molar-refractivity contribution in [3.05, 3.63) is 59.2 Å². The molecule has 0 aromatic heterocycles. The molecular weight excluding hydrogens is 324 g/mol. The molecule has 1 amide bonds. The van der Waals surface area contributed by atoms with Crippen molar-refractivity contribution in [3.8, 4) is 0 Å². The molecule has 0 aliphatic carbocycles. The first-order chi connectivity index (χ1) is 11.2. The van der Waals surface area contributed by atoms with E-state index in [2.05, 4.69) is 5.32 Å². The summed E-state index contributed by atoms with van der Waals surface area (Å²) in [4.78, 5) is 12.3. The number of nitrogens with one attached hydrogen (secondary N) is 1. The molecule has 0 atom stereocenters. The zero-order chi connectivity index (χ0) is 17.9. The molecule has 24 heavy (non-hydrogen) atoms. The molecule has 0 bridgehead atoms. The molecule has 6 heteroatoms. The van der Waals surface area contributed by atoms with Crippen LogP contribution in [-0.2, 0) is 14.8 Å². The second kappa shape index (κ2) is 7.05. The smallest absolute Gasteiger partial charge is 0.245 e. The maximum absolute atomic E-state index is 12.3. The standard InChI is InChI=1S/C18H22N2O3S/c1-13-5-9-17(10-6-13)20(24(4,22)23)12-18(21)19-16-8-7-14(2)15(3)11-16/h5-11H,12H2,1-4H3,(H,19,21). The van der Waals surface area contributed by atoms with Crippen LogP contribution in [0.1, 0.15) is 16.7 Å². The molecule has 0 fully saturated rings. The van der Waals surface area contributed by atoms with Crippen LogP contribution in [0.3, 0.4) is 0 Å². The molecule has 5 nitrogen and oxygen atoms in total. The third-order valence-electron chi connectivity index (χ3n) is 3.80. The first-order valence-corrected chi connectivity index (χ1v) is 9.43. The molecule has 0 spiro atoms. The minimum atomic E-state index is -3.56. The number of carbonyl (C=O) groups excluding carboxylic acids is 1. The van der Waals surface area contributed by atoms with Crippen LogP contribution in [0.4, 0.5) is 11.4 Å². The lowest BCUT2D eigenvalue weighted by Gasteiger charge is -2.22. The highest BCUT2D eigenvalue weighted by atomic mass is 32.2. The monoisotopic (exact) mass is 346 g/mol. The number of aryl methyl sites for hydroxylation is 3. The lowest BCUT2D eigenvalue weighted by atomic mass is 10.1. The third kappa shape index (κ3) is 4.58. The average molecular weight is 346 g/mol. The van der Waals surface area contributed by atoms with Crippen LogP contribution in [0.5, 0.6) is 0 Å². The molecular formula is C18H22N2O3S. The highest BCUT2D eigenvalue weighted by Crippen LogP contribution is 2.19. The highest BCUT2D eigenvalue weighted by molar-refractivity contribution is 7.92. The molecule has 0 aliphatic heterocycles. The summed E-state index contributed by atoms with van der Waals surface area (Å²) in [7, 11) is -3.56. The summed E-state index contributed by atoms with van der Waals surface area (Å²) in [5.41, 5.74) is 4.34. The van der Waals surface area contributed by atoms with Crippen molar-refractivity contribution in [1.29, 1.82) is 0 Å². The number of amides is 1. The normalized spacial score (nSPS) is 11.2. The quantitative estimate of drug-likeness (QED) is 0.905. The van der Waals surface area contributed by atoms with Gasteiger partial charge in [-0.3, -0.25) is 9.10 Å². The molecule has 0 radical (unpaired) electrons. The van der Waals surface area contributed by atoms with Gasteiger partial charge >= 0.3 is 0 Å². The number of rotatable bonds is 5. The van der Waals surface area contributed by atoms with E-state index in [-0.39, 0.29) is 12.5 Å². The van der Waals surface area contributed by atoms with Crippen LogP contribution in [-0.4, -0.2) is 27.1 Å². The van der Waals surface area contributed by atoms with Gasteiger partial charge < -0.3 is 5.32 Å². The van der Waals surface area contributed by atoms with Gasteiger partial charge in [-0.05, 0) is 56.2 Å². The second-order valence-electron chi connectivity index (χ2n) is 5.95. The zero-order valence-electron chi connectivity index (χ0n) is 14.3. The maximum atomic E-state index is 12.3. The number of hydrogen-bond acceptors (Lipinski definition) is 3. The Morgan fingerprint density at radius 2 is 1.62 bits per heavy atom. The van der Waals surface area contributed by atoms with Crippen LogP contribution >= 0.6 is 0 Å². The summed E-state index contributed by atoms with van der Waals surface area (Å²) in [5, 5.41) is 2.75. The van der Waals surface area contributed by atoms with Crippen molar-refractivity contribution >= 4 is 27.3 Å². The van der Waals surface area contributed by atoms with Gasteiger partial charge in [0.2, 0.25) is 15.9 Å².